The largest absolute Gasteiger partial charge is 0.508 e. The number of phenolic OH excluding ortho intramolecular Hbond substituents is 1. The average molecular weight is 507 g/mol. The molecule has 10 heteroatoms. The van der Waals surface area contributed by atoms with E-state index >= 15 is 0 Å². The minimum absolute atomic E-state index is 0.00169. The van der Waals surface area contributed by atoms with E-state index in [2.05, 4.69) is 20.3 Å². The molecule has 3 heterocycles. The number of nitrogens with zero attached hydrogens (tertiary/aromatic N) is 5. The topological polar surface area (TPSA) is 95.2 Å². The second kappa shape index (κ2) is 10.0. The summed E-state index contributed by atoms with van der Waals surface area (Å²) in [7, 11) is 4.08. The van der Waals surface area contributed by atoms with E-state index in [1.54, 1.807) is 34.8 Å². The van der Waals surface area contributed by atoms with E-state index < -0.39 is 0 Å². The van der Waals surface area contributed by atoms with Crippen LogP contribution in [0.15, 0.2) is 60.8 Å². The fraction of sp³-hybridized carbons (Fsp3) is 0.269. The fourth-order valence-electron chi connectivity index (χ4n) is 4.22. The minimum Gasteiger partial charge on any atom is -0.508 e. The van der Waals surface area contributed by atoms with Gasteiger partial charge in [0, 0.05) is 47.2 Å². The van der Waals surface area contributed by atoms with Crippen molar-refractivity contribution in [2.24, 2.45) is 0 Å². The van der Waals surface area contributed by atoms with Gasteiger partial charge in [-0.3, -0.25) is 4.79 Å². The Kier molecular flexibility index (Phi) is 6.67. The number of hydrogen-bond donors (Lipinski definition) is 2. The molecule has 1 unspecified atom stereocenters. The van der Waals surface area contributed by atoms with Crippen LogP contribution in [0.25, 0.3) is 16.8 Å². The van der Waals surface area contributed by atoms with Crippen LogP contribution in [0.2, 0.25) is 5.02 Å². The lowest BCUT2D eigenvalue weighted by molar-refractivity contribution is -0.132. The van der Waals surface area contributed by atoms with Crippen molar-refractivity contribution < 1.29 is 14.6 Å². The zero-order valence-corrected chi connectivity index (χ0v) is 20.8. The number of hydrogen-bond acceptors (Lipinski definition) is 7. The van der Waals surface area contributed by atoms with Gasteiger partial charge in [0.15, 0.2) is 12.3 Å². The van der Waals surface area contributed by atoms with Gasteiger partial charge >= 0.3 is 0 Å². The van der Waals surface area contributed by atoms with Crippen LogP contribution < -0.4 is 10.1 Å². The molecule has 9 nitrogen and oxygen atoms in total. The maximum absolute atomic E-state index is 12.5. The molecule has 0 saturated carbocycles. The summed E-state index contributed by atoms with van der Waals surface area (Å²) < 4.78 is 7.36. The van der Waals surface area contributed by atoms with Crippen molar-refractivity contribution in [3.63, 3.8) is 0 Å². The van der Waals surface area contributed by atoms with Crippen molar-refractivity contribution in [2.45, 2.75) is 12.5 Å². The van der Waals surface area contributed by atoms with Crippen molar-refractivity contribution in [1.82, 2.24) is 24.4 Å². The SMILES string of the molecule is CN(C)C1CCN(C(=O)COc2ccc(Nc3nc4ccc(-c5cc(O)ccc5Cl)cn4n3)cc2)C1. The van der Waals surface area contributed by atoms with E-state index in [0.717, 1.165) is 30.8 Å². The number of carbonyl (C=O) groups excluding carboxylic acids is 1. The number of benzene rings is 2. The maximum Gasteiger partial charge on any atom is 0.260 e. The Bertz CT molecular complexity index is 1390. The van der Waals surface area contributed by atoms with Crippen LogP contribution in [-0.4, -0.2) is 75.2 Å². The zero-order valence-electron chi connectivity index (χ0n) is 20.1. The molecule has 5 rings (SSSR count). The number of likely N-dealkylation sites (tertiary alicyclic amines) is 1. The number of fused-ring (bicyclic) bond motifs is 1. The number of carbonyl (C=O) groups is 1. The molecule has 1 saturated heterocycles. The van der Waals surface area contributed by atoms with E-state index in [-0.39, 0.29) is 18.3 Å². The van der Waals surface area contributed by atoms with Crippen LogP contribution in [0.5, 0.6) is 11.5 Å². The van der Waals surface area contributed by atoms with Crippen molar-refractivity contribution >= 4 is 34.8 Å². The molecule has 1 fully saturated rings. The number of halogens is 1. The van der Waals surface area contributed by atoms with Crippen LogP contribution in [0.3, 0.4) is 0 Å². The van der Waals surface area contributed by atoms with Gasteiger partial charge in [0.2, 0.25) is 5.95 Å². The number of likely N-dealkylation sites (N-methyl/N-ethyl adjacent to an activating group) is 1. The number of aromatic nitrogens is 3. The Morgan fingerprint density at radius 2 is 2.00 bits per heavy atom. The first-order valence-corrected chi connectivity index (χ1v) is 12.0. The molecule has 0 aliphatic carbocycles. The first kappa shape index (κ1) is 23.9. The predicted octanol–water partition coefficient (Wildman–Crippen LogP) is 4.04. The molecule has 2 aromatic heterocycles. The van der Waals surface area contributed by atoms with E-state index in [9.17, 15) is 9.90 Å². The lowest BCUT2D eigenvalue weighted by atomic mass is 10.1. The Morgan fingerprint density at radius 3 is 2.75 bits per heavy atom. The van der Waals surface area contributed by atoms with Crippen LogP contribution in [0.1, 0.15) is 6.42 Å². The van der Waals surface area contributed by atoms with Crippen molar-refractivity contribution in [1.29, 1.82) is 0 Å². The van der Waals surface area contributed by atoms with E-state index in [1.165, 1.54) is 0 Å². The summed E-state index contributed by atoms with van der Waals surface area (Å²) in [6, 6.07) is 16.2. The second-order valence-corrected chi connectivity index (χ2v) is 9.41. The molecule has 4 aromatic rings. The monoisotopic (exact) mass is 506 g/mol. The first-order chi connectivity index (χ1) is 17.4. The molecule has 0 bridgehead atoms. The molecule has 186 valence electrons. The molecule has 0 spiro atoms. The molecule has 0 radical (unpaired) electrons. The molecular weight excluding hydrogens is 480 g/mol. The highest BCUT2D eigenvalue weighted by Gasteiger charge is 2.27. The molecule has 1 amide bonds. The predicted molar refractivity (Wildman–Crippen MR) is 139 cm³/mol. The fourth-order valence-corrected chi connectivity index (χ4v) is 4.45. The van der Waals surface area contributed by atoms with Gasteiger partial charge in [-0.1, -0.05) is 11.6 Å². The number of aromatic hydroxyl groups is 1. The normalized spacial score (nSPS) is 15.6. The second-order valence-electron chi connectivity index (χ2n) is 9.00. The third-order valence-electron chi connectivity index (χ3n) is 6.31. The standard InChI is InChI=1S/C26H27ClN6O3/c1-31(2)19-11-12-32(15-19)25(35)16-36-21-7-4-18(5-8-21)28-26-29-24-10-3-17(14-33(24)30-26)22-13-20(34)6-9-23(22)27/h3-10,13-14,19,34H,11-12,15-16H2,1-2H3,(H,28,30). The molecule has 1 aliphatic rings. The highest BCUT2D eigenvalue weighted by atomic mass is 35.5. The number of pyridine rings is 1. The van der Waals surface area contributed by atoms with Crippen molar-refractivity contribution in [2.75, 3.05) is 39.1 Å². The number of rotatable bonds is 7. The van der Waals surface area contributed by atoms with Crippen molar-refractivity contribution in [3.05, 3.63) is 65.8 Å². The summed E-state index contributed by atoms with van der Waals surface area (Å²) in [4.78, 5) is 21.0. The van der Waals surface area contributed by atoms with Crippen LogP contribution in [-0.2, 0) is 4.79 Å². The average Bonchev–Trinajstić information content (AvgIpc) is 3.52. The van der Waals surface area contributed by atoms with Gasteiger partial charge < -0.3 is 25.0 Å². The summed E-state index contributed by atoms with van der Waals surface area (Å²) in [5.41, 5.74) is 2.96. The van der Waals surface area contributed by atoms with Crippen LogP contribution in [0.4, 0.5) is 11.6 Å². The Labute approximate surface area is 213 Å². The number of ether oxygens (including phenoxy) is 1. The molecule has 2 aromatic carbocycles. The van der Waals surface area contributed by atoms with Gasteiger partial charge in [-0.05, 0) is 75.1 Å². The third-order valence-corrected chi connectivity index (χ3v) is 6.64. The zero-order chi connectivity index (χ0) is 25.2. The number of amides is 1. The van der Waals surface area contributed by atoms with Gasteiger partial charge in [0.25, 0.3) is 5.91 Å². The Morgan fingerprint density at radius 1 is 1.19 bits per heavy atom. The summed E-state index contributed by atoms with van der Waals surface area (Å²) in [6.45, 7) is 1.53. The minimum atomic E-state index is 0.00169. The summed E-state index contributed by atoms with van der Waals surface area (Å²) in [6.07, 6.45) is 2.80. The van der Waals surface area contributed by atoms with E-state index in [0.29, 0.717) is 34.0 Å². The van der Waals surface area contributed by atoms with Gasteiger partial charge in [-0.25, -0.2) is 4.52 Å². The number of nitrogens with one attached hydrogen (secondary N) is 1. The van der Waals surface area contributed by atoms with Gasteiger partial charge in [0.1, 0.15) is 11.5 Å². The van der Waals surface area contributed by atoms with Crippen LogP contribution in [0, 0.1) is 0 Å². The highest BCUT2D eigenvalue weighted by Crippen LogP contribution is 2.31. The van der Waals surface area contributed by atoms with Gasteiger partial charge in [0.05, 0.1) is 0 Å². The Hall–Kier alpha value is -3.82. The van der Waals surface area contributed by atoms with Gasteiger partial charge in [-0.15, -0.1) is 5.10 Å². The molecule has 1 atom stereocenters. The molecule has 2 N–H and O–H groups in total. The van der Waals surface area contributed by atoms with Crippen LogP contribution >= 0.6 is 11.6 Å². The molecule has 36 heavy (non-hydrogen) atoms. The smallest absolute Gasteiger partial charge is 0.260 e. The Balaban J connectivity index is 1.21. The quantitative estimate of drug-likeness (QED) is 0.390. The van der Waals surface area contributed by atoms with Gasteiger partial charge in [-0.2, -0.15) is 4.98 Å². The lowest BCUT2D eigenvalue weighted by Crippen LogP contribution is -2.36. The number of phenols is 1. The first-order valence-electron chi connectivity index (χ1n) is 11.6. The maximum atomic E-state index is 12.5. The summed E-state index contributed by atoms with van der Waals surface area (Å²) >= 11 is 6.30. The highest BCUT2D eigenvalue weighted by molar-refractivity contribution is 6.33. The molecular formula is C26H27ClN6O3. The third kappa shape index (κ3) is 5.22. The van der Waals surface area contributed by atoms with E-state index in [1.807, 2.05) is 49.5 Å². The molecule has 1 aliphatic heterocycles. The summed E-state index contributed by atoms with van der Waals surface area (Å²) in [5, 5.41) is 18.0. The summed E-state index contributed by atoms with van der Waals surface area (Å²) in [5.74, 6) is 1.19. The van der Waals surface area contributed by atoms with Crippen molar-refractivity contribution in [3.8, 4) is 22.6 Å². The lowest BCUT2D eigenvalue weighted by Gasteiger charge is -2.20. The van der Waals surface area contributed by atoms with E-state index in [4.69, 9.17) is 16.3 Å². The number of anilines is 2.